The van der Waals surface area contributed by atoms with Crippen molar-refractivity contribution in [1.29, 1.82) is 0 Å². The number of aromatic nitrogens is 2. The minimum Gasteiger partial charge on any atom is -0.464 e. The van der Waals surface area contributed by atoms with Crippen LogP contribution in [0.2, 0.25) is 0 Å². The van der Waals surface area contributed by atoms with Crippen LogP contribution in [0.3, 0.4) is 0 Å². The molecule has 2 aromatic rings. The van der Waals surface area contributed by atoms with Gasteiger partial charge in [0.25, 0.3) is 0 Å². The van der Waals surface area contributed by atoms with Crippen LogP contribution in [0.1, 0.15) is 41.4 Å². The van der Waals surface area contributed by atoms with E-state index in [0.29, 0.717) is 16.2 Å². The molecular weight excluding hydrogens is 377 g/mol. The minimum atomic E-state index is -0.530. The number of ether oxygens (including phenoxy) is 1. The van der Waals surface area contributed by atoms with Crippen molar-refractivity contribution < 1.29 is 13.9 Å². The Morgan fingerprint density at radius 3 is 2.75 bits per heavy atom. The van der Waals surface area contributed by atoms with E-state index >= 15 is 0 Å². The number of halogens is 2. The molecule has 0 amide bonds. The van der Waals surface area contributed by atoms with Crippen molar-refractivity contribution in [3.8, 4) is 0 Å². The lowest BCUT2D eigenvalue weighted by Gasteiger charge is -2.20. The van der Waals surface area contributed by atoms with Gasteiger partial charge in [0.05, 0.1) is 13.2 Å². The lowest BCUT2D eigenvalue weighted by Crippen LogP contribution is -2.14. The molecule has 1 atom stereocenters. The molecule has 0 saturated heterocycles. The Morgan fingerprint density at radius 2 is 2.17 bits per heavy atom. The second-order valence-corrected chi connectivity index (χ2v) is 6.79. The van der Waals surface area contributed by atoms with E-state index in [4.69, 9.17) is 0 Å². The van der Waals surface area contributed by atoms with Gasteiger partial charge >= 0.3 is 5.97 Å². The van der Waals surface area contributed by atoms with Crippen LogP contribution < -0.4 is 5.32 Å². The molecular formula is C17H17BrFN3O2. The van der Waals surface area contributed by atoms with Crippen LogP contribution in [0, 0.1) is 11.7 Å². The number of benzene rings is 1. The predicted molar refractivity (Wildman–Crippen MR) is 91.2 cm³/mol. The Balaban J connectivity index is 1.80. The summed E-state index contributed by atoms with van der Waals surface area (Å²) < 4.78 is 19.0. The van der Waals surface area contributed by atoms with Crippen molar-refractivity contribution in [3.05, 3.63) is 51.9 Å². The number of hydrogen-bond donors (Lipinski definition) is 1. The summed E-state index contributed by atoms with van der Waals surface area (Å²) in [5.41, 5.74) is 1.00. The maximum atomic E-state index is 13.7. The van der Waals surface area contributed by atoms with Crippen molar-refractivity contribution in [2.45, 2.75) is 25.3 Å². The van der Waals surface area contributed by atoms with Crippen molar-refractivity contribution in [3.63, 3.8) is 0 Å². The molecule has 1 aromatic heterocycles. The number of methoxy groups -OCH3 is 1. The third kappa shape index (κ3) is 4.29. The summed E-state index contributed by atoms with van der Waals surface area (Å²) in [6.07, 6.45) is 3.29. The van der Waals surface area contributed by atoms with Gasteiger partial charge in [0.2, 0.25) is 0 Å². The first-order valence-corrected chi connectivity index (χ1v) is 8.49. The Bertz CT molecular complexity index is 715. The van der Waals surface area contributed by atoms with Crippen LogP contribution >= 0.6 is 15.9 Å². The molecule has 1 N–H and O–H groups in total. The smallest absolute Gasteiger partial charge is 0.358 e. The van der Waals surface area contributed by atoms with Gasteiger partial charge in [-0.15, -0.1) is 10.2 Å². The zero-order chi connectivity index (χ0) is 17.1. The van der Waals surface area contributed by atoms with Crippen molar-refractivity contribution in [1.82, 2.24) is 10.2 Å². The molecule has 1 aliphatic carbocycles. The van der Waals surface area contributed by atoms with Gasteiger partial charge in [0.15, 0.2) is 5.69 Å². The van der Waals surface area contributed by atoms with Crippen LogP contribution in [-0.4, -0.2) is 23.3 Å². The summed E-state index contributed by atoms with van der Waals surface area (Å²) in [5, 5.41) is 11.2. The van der Waals surface area contributed by atoms with Gasteiger partial charge in [-0.25, -0.2) is 9.18 Å². The van der Waals surface area contributed by atoms with Gasteiger partial charge < -0.3 is 10.1 Å². The van der Waals surface area contributed by atoms with Gasteiger partial charge in [-0.2, -0.15) is 0 Å². The van der Waals surface area contributed by atoms with Crippen molar-refractivity contribution in [2.75, 3.05) is 12.4 Å². The monoisotopic (exact) mass is 393 g/mol. The van der Waals surface area contributed by atoms with E-state index in [1.54, 1.807) is 12.1 Å². The van der Waals surface area contributed by atoms with Gasteiger partial charge in [-0.1, -0.05) is 28.8 Å². The molecule has 0 bridgehead atoms. The fourth-order valence-electron chi connectivity index (χ4n) is 2.54. The molecule has 3 rings (SSSR count). The minimum absolute atomic E-state index is 0.0669. The van der Waals surface area contributed by atoms with Gasteiger partial charge in [-0.05, 0) is 48.2 Å². The van der Waals surface area contributed by atoms with Gasteiger partial charge in [-0.3, -0.25) is 0 Å². The molecule has 1 aromatic carbocycles. The number of carbonyl (C=O) groups excluding carboxylic acids is 1. The van der Waals surface area contributed by atoms with Crippen LogP contribution in [0.5, 0.6) is 0 Å². The highest BCUT2D eigenvalue weighted by Crippen LogP contribution is 2.39. The zero-order valence-electron chi connectivity index (χ0n) is 13.1. The maximum absolute atomic E-state index is 13.7. The Kier molecular flexibility index (Phi) is 5.08. The summed E-state index contributed by atoms with van der Waals surface area (Å²) in [4.78, 5) is 11.4. The van der Waals surface area contributed by atoms with Crippen LogP contribution in [0.4, 0.5) is 10.2 Å². The molecule has 0 radical (unpaired) electrons. The van der Waals surface area contributed by atoms with E-state index < -0.39 is 5.97 Å². The highest BCUT2D eigenvalue weighted by molar-refractivity contribution is 9.10. The Morgan fingerprint density at radius 1 is 1.38 bits per heavy atom. The molecule has 5 nitrogen and oxygen atoms in total. The molecule has 24 heavy (non-hydrogen) atoms. The fraction of sp³-hybridized carbons (Fsp3) is 0.353. The number of esters is 1. The molecule has 1 saturated carbocycles. The lowest BCUT2D eigenvalue weighted by molar-refractivity contribution is 0.0593. The molecule has 1 heterocycles. The first-order valence-electron chi connectivity index (χ1n) is 7.69. The quantitative estimate of drug-likeness (QED) is 0.747. The molecule has 1 fully saturated rings. The molecule has 0 aliphatic heterocycles. The average molecular weight is 394 g/mol. The van der Waals surface area contributed by atoms with E-state index in [0.717, 1.165) is 12.0 Å². The number of hydrogen-bond acceptors (Lipinski definition) is 5. The topological polar surface area (TPSA) is 64.1 Å². The summed E-state index contributed by atoms with van der Waals surface area (Å²) in [6.45, 7) is 0. The number of anilines is 1. The molecule has 1 unspecified atom stereocenters. The van der Waals surface area contributed by atoms with E-state index in [1.807, 2.05) is 6.07 Å². The first-order chi connectivity index (χ1) is 11.5. The third-order valence-corrected chi connectivity index (χ3v) is 4.39. The van der Waals surface area contributed by atoms with E-state index in [2.05, 4.69) is 36.2 Å². The predicted octanol–water partition coefficient (Wildman–Crippen LogP) is 4.12. The standard InChI is InChI=1S/C17H17BrFN3O2/c1-24-17(23)14-4-5-16(22-21-14)20-15(6-10-2-3-10)11-7-12(18)9-13(19)8-11/h4-5,7-10,15H,2-3,6H2,1H3,(H,20,22). The van der Waals surface area contributed by atoms with Crippen LogP contribution in [0.15, 0.2) is 34.8 Å². The normalized spacial score (nSPS) is 15.0. The highest BCUT2D eigenvalue weighted by atomic mass is 79.9. The van der Waals surface area contributed by atoms with Gasteiger partial charge in [0, 0.05) is 4.47 Å². The Labute approximate surface area is 147 Å². The third-order valence-electron chi connectivity index (χ3n) is 3.93. The fourth-order valence-corrected chi connectivity index (χ4v) is 3.03. The number of rotatable bonds is 6. The largest absolute Gasteiger partial charge is 0.464 e. The summed E-state index contributed by atoms with van der Waals surface area (Å²) in [7, 11) is 1.30. The second-order valence-electron chi connectivity index (χ2n) is 5.87. The molecule has 1 aliphatic rings. The first kappa shape index (κ1) is 16.8. The van der Waals surface area contributed by atoms with E-state index in [-0.39, 0.29) is 17.6 Å². The van der Waals surface area contributed by atoms with Crippen LogP contribution in [-0.2, 0) is 4.74 Å². The lowest BCUT2D eigenvalue weighted by atomic mass is 10.0. The number of nitrogens with one attached hydrogen (secondary N) is 1. The molecule has 126 valence electrons. The zero-order valence-corrected chi connectivity index (χ0v) is 14.7. The number of carbonyl (C=O) groups is 1. The molecule has 7 heteroatoms. The Hall–Kier alpha value is -2.02. The summed E-state index contributed by atoms with van der Waals surface area (Å²) >= 11 is 3.33. The van der Waals surface area contributed by atoms with E-state index in [1.165, 1.54) is 32.1 Å². The summed E-state index contributed by atoms with van der Waals surface area (Å²) in [6, 6.07) is 8.02. The highest BCUT2D eigenvalue weighted by Gasteiger charge is 2.27. The summed E-state index contributed by atoms with van der Waals surface area (Å²) in [5.74, 6) is 0.368. The van der Waals surface area contributed by atoms with Gasteiger partial charge in [0.1, 0.15) is 11.6 Å². The van der Waals surface area contributed by atoms with Crippen LogP contribution in [0.25, 0.3) is 0 Å². The van der Waals surface area contributed by atoms with Crippen molar-refractivity contribution >= 4 is 27.7 Å². The maximum Gasteiger partial charge on any atom is 0.358 e. The average Bonchev–Trinajstić information content (AvgIpc) is 3.37. The van der Waals surface area contributed by atoms with Crippen molar-refractivity contribution in [2.24, 2.45) is 5.92 Å². The SMILES string of the molecule is COC(=O)c1ccc(NC(CC2CC2)c2cc(F)cc(Br)c2)nn1. The second kappa shape index (κ2) is 7.25. The molecule has 0 spiro atoms. The number of nitrogens with zero attached hydrogens (tertiary/aromatic N) is 2. The van der Waals surface area contributed by atoms with E-state index in [9.17, 15) is 9.18 Å².